The fourth-order valence-electron chi connectivity index (χ4n) is 1.07. The van der Waals surface area contributed by atoms with E-state index in [1.165, 1.54) is 12.1 Å². The van der Waals surface area contributed by atoms with Gasteiger partial charge in [-0.25, -0.2) is 9.18 Å². The van der Waals surface area contributed by atoms with E-state index in [-0.39, 0.29) is 17.9 Å². The summed E-state index contributed by atoms with van der Waals surface area (Å²) in [7, 11) is 0. The zero-order valence-corrected chi connectivity index (χ0v) is 9.08. The van der Waals surface area contributed by atoms with Crippen molar-refractivity contribution in [2.24, 2.45) is 0 Å². The number of rotatable bonds is 5. The zero-order chi connectivity index (χ0) is 12.9. The molecule has 0 aromatic heterocycles. The van der Waals surface area contributed by atoms with Crippen LogP contribution in [0.4, 0.5) is 13.2 Å². The SMILES string of the molecule is CCOC(=O)c1ccc(OC(F)(F)CF)cc1. The molecule has 0 radical (unpaired) electrons. The molecular weight excluding hydrogens is 237 g/mol. The van der Waals surface area contributed by atoms with Crippen molar-refractivity contribution < 1.29 is 27.4 Å². The van der Waals surface area contributed by atoms with Gasteiger partial charge in [0.1, 0.15) is 5.75 Å². The van der Waals surface area contributed by atoms with Crippen LogP contribution in [0.5, 0.6) is 5.75 Å². The van der Waals surface area contributed by atoms with Gasteiger partial charge in [-0.1, -0.05) is 0 Å². The summed E-state index contributed by atoms with van der Waals surface area (Å²) in [5.74, 6) is -0.781. The summed E-state index contributed by atoms with van der Waals surface area (Å²) in [6.07, 6.45) is -3.86. The molecule has 0 aliphatic carbocycles. The first kappa shape index (κ1) is 13.3. The minimum Gasteiger partial charge on any atom is -0.462 e. The summed E-state index contributed by atoms with van der Waals surface area (Å²) in [6, 6.07) is 4.83. The molecule has 6 heteroatoms. The van der Waals surface area contributed by atoms with E-state index in [0.717, 1.165) is 12.1 Å². The highest BCUT2D eigenvalue weighted by molar-refractivity contribution is 5.89. The van der Waals surface area contributed by atoms with Gasteiger partial charge in [-0.3, -0.25) is 0 Å². The van der Waals surface area contributed by atoms with Gasteiger partial charge >= 0.3 is 12.1 Å². The molecular formula is C11H11F3O3. The molecule has 0 saturated carbocycles. The third kappa shape index (κ3) is 3.97. The largest absolute Gasteiger partial charge is 0.462 e. The number of benzene rings is 1. The van der Waals surface area contributed by atoms with Crippen LogP contribution >= 0.6 is 0 Å². The molecule has 17 heavy (non-hydrogen) atoms. The van der Waals surface area contributed by atoms with Crippen LogP contribution in [0.25, 0.3) is 0 Å². The van der Waals surface area contributed by atoms with E-state index >= 15 is 0 Å². The average Bonchev–Trinajstić information content (AvgIpc) is 2.30. The van der Waals surface area contributed by atoms with Crippen LogP contribution in [0.3, 0.4) is 0 Å². The maximum Gasteiger partial charge on any atom is 0.427 e. The van der Waals surface area contributed by atoms with Crippen LogP contribution in [0.2, 0.25) is 0 Å². The first-order valence-electron chi connectivity index (χ1n) is 4.88. The van der Waals surface area contributed by atoms with Gasteiger partial charge in [-0.15, -0.1) is 0 Å². The van der Waals surface area contributed by atoms with Gasteiger partial charge in [0.2, 0.25) is 0 Å². The van der Waals surface area contributed by atoms with E-state index in [2.05, 4.69) is 4.74 Å². The Bertz CT molecular complexity index is 376. The first-order chi connectivity index (χ1) is 7.98. The minimum absolute atomic E-state index is 0.211. The lowest BCUT2D eigenvalue weighted by atomic mass is 10.2. The minimum atomic E-state index is -3.86. The predicted octanol–water partition coefficient (Wildman–Crippen LogP) is 2.80. The molecule has 1 rings (SSSR count). The Balaban J connectivity index is 2.71. The smallest absolute Gasteiger partial charge is 0.427 e. The van der Waals surface area contributed by atoms with Crippen LogP contribution in [-0.2, 0) is 4.74 Å². The van der Waals surface area contributed by atoms with E-state index in [1.54, 1.807) is 6.92 Å². The molecule has 0 amide bonds. The number of ether oxygens (including phenoxy) is 2. The van der Waals surface area contributed by atoms with Gasteiger partial charge in [0.25, 0.3) is 0 Å². The van der Waals surface area contributed by atoms with Crippen LogP contribution in [-0.4, -0.2) is 25.4 Å². The third-order valence-corrected chi connectivity index (χ3v) is 1.79. The summed E-state index contributed by atoms with van der Waals surface area (Å²) in [4.78, 5) is 11.2. The summed E-state index contributed by atoms with van der Waals surface area (Å²) in [5.41, 5.74) is 0.211. The van der Waals surface area contributed by atoms with Crippen molar-refractivity contribution in [3.05, 3.63) is 29.8 Å². The lowest BCUT2D eigenvalue weighted by Gasteiger charge is -2.14. The average molecular weight is 248 g/mol. The second-order valence-corrected chi connectivity index (χ2v) is 3.12. The van der Waals surface area contributed by atoms with Crippen LogP contribution < -0.4 is 4.74 Å². The Labute approximate surface area is 96.1 Å². The van der Waals surface area contributed by atoms with Gasteiger partial charge in [-0.05, 0) is 31.2 Å². The van der Waals surface area contributed by atoms with Crippen molar-refractivity contribution in [3.8, 4) is 5.75 Å². The molecule has 0 aliphatic heterocycles. The Kier molecular flexibility index (Phi) is 4.37. The van der Waals surface area contributed by atoms with Crippen molar-refractivity contribution >= 4 is 5.97 Å². The van der Waals surface area contributed by atoms with Gasteiger partial charge in [0, 0.05) is 0 Å². The highest BCUT2D eigenvalue weighted by atomic mass is 19.3. The normalized spacial score (nSPS) is 11.1. The number of carbonyl (C=O) groups excluding carboxylic acids is 1. The Morgan fingerprint density at radius 3 is 2.35 bits per heavy atom. The Morgan fingerprint density at radius 1 is 1.29 bits per heavy atom. The van der Waals surface area contributed by atoms with E-state index in [4.69, 9.17) is 4.74 Å². The monoisotopic (exact) mass is 248 g/mol. The molecule has 94 valence electrons. The molecule has 0 bridgehead atoms. The summed E-state index contributed by atoms with van der Waals surface area (Å²) >= 11 is 0. The highest BCUT2D eigenvalue weighted by Gasteiger charge is 2.31. The van der Waals surface area contributed by atoms with Gasteiger partial charge < -0.3 is 9.47 Å². The molecule has 0 aliphatic rings. The second-order valence-electron chi connectivity index (χ2n) is 3.12. The lowest BCUT2D eigenvalue weighted by molar-refractivity contribution is -0.186. The van der Waals surface area contributed by atoms with Gasteiger partial charge in [0.15, 0.2) is 6.67 Å². The topological polar surface area (TPSA) is 35.5 Å². The molecule has 0 atom stereocenters. The first-order valence-corrected chi connectivity index (χ1v) is 4.88. The lowest BCUT2D eigenvalue weighted by Crippen LogP contribution is -2.26. The van der Waals surface area contributed by atoms with Gasteiger partial charge in [-0.2, -0.15) is 8.78 Å². The number of carbonyl (C=O) groups is 1. The molecule has 0 spiro atoms. The fraction of sp³-hybridized carbons (Fsp3) is 0.364. The number of hydrogen-bond donors (Lipinski definition) is 0. The quantitative estimate of drug-likeness (QED) is 0.751. The summed E-state index contributed by atoms with van der Waals surface area (Å²) in [5, 5.41) is 0. The summed E-state index contributed by atoms with van der Waals surface area (Å²) in [6.45, 7) is -0.0409. The molecule has 0 unspecified atom stereocenters. The van der Waals surface area contributed by atoms with Crippen molar-refractivity contribution in [1.29, 1.82) is 0 Å². The van der Waals surface area contributed by atoms with E-state index < -0.39 is 18.8 Å². The van der Waals surface area contributed by atoms with Crippen molar-refractivity contribution in [1.82, 2.24) is 0 Å². The Morgan fingerprint density at radius 2 is 1.88 bits per heavy atom. The van der Waals surface area contributed by atoms with Crippen molar-refractivity contribution in [2.45, 2.75) is 13.0 Å². The third-order valence-electron chi connectivity index (χ3n) is 1.79. The van der Waals surface area contributed by atoms with Crippen molar-refractivity contribution in [2.75, 3.05) is 13.3 Å². The number of hydrogen-bond acceptors (Lipinski definition) is 3. The molecule has 1 aromatic carbocycles. The maximum atomic E-state index is 12.5. The number of halogens is 3. The molecule has 0 saturated heterocycles. The molecule has 0 heterocycles. The second kappa shape index (κ2) is 5.56. The highest BCUT2D eigenvalue weighted by Crippen LogP contribution is 2.22. The summed E-state index contributed by atoms with van der Waals surface area (Å²) < 4.78 is 45.7. The van der Waals surface area contributed by atoms with Crippen LogP contribution in [0, 0.1) is 0 Å². The molecule has 0 fully saturated rings. The predicted molar refractivity (Wildman–Crippen MR) is 53.9 cm³/mol. The van der Waals surface area contributed by atoms with Crippen LogP contribution in [0.1, 0.15) is 17.3 Å². The molecule has 3 nitrogen and oxygen atoms in total. The molecule has 0 N–H and O–H groups in total. The van der Waals surface area contributed by atoms with E-state index in [1.807, 2.05) is 0 Å². The number of alkyl halides is 3. The van der Waals surface area contributed by atoms with Crippen LogP contribution in [0.15, 0.2) is 24.3 Å². The van der Waals surface area contributed by atoms with E-state index in [9.17, 15) is 18.0 Å². The fourth-order valence-corrected chi connectivity index (χ4v) is 1.07. The molecule has 1 aromatic rings. The van der Waals surface area contributed by atoms with Gasteiger partial charge in [0.05, 0.1) is 12.2 Å². The van der Waals surface area contributed by atoms with E-state index in [0.29, 0.717) is 0 Å². The zero-order valence-electron chi connectivity index (χ0n) is 9.08. The van der Waals surface area contributed by atoms with Crippen molar-refractivity contribution in [3.63, 3.8) is 0 Å². The maximum absolute atomic E-state index is 12.5. The Hall–Kier alpha value is -1.72. The number of esters is 1. The standard InChI is InChI=1S/C11H11F3O3/c1-2-16-10(15)8-3-5-9(6-4-8)17-11(13,14)7-12/h3-6H,2,7H2,1H3.